The van der Waals surface area contributed by atoms with Gasteiger partial charge in [-0.25, -0.2) is 9.78 Å². The van der Waals surface area contributed by atoms with Crippen molar-refractivity contribution in [3.63, 3.8) is 0 Å². The zero-order valence-electron chi connectivity index (χ0n) is 14.0. The van der Waals surface area contributed by atoms with Crippen LogP contribution >= 0.6 is 0 Å². The molecule has 7 nitrogen and oxygen atoms in total. The molecule has 0 aliphatic heterocycles. The van der Waals surface area contributed by atoms with E-state index in [0.717, 1.165) is 12.2 Å². The van der Waals surface area contributed by atoms with E-state index in [0.29, 0.717) is 17.1 Å². The molecule has 7 heteroatoms. The number of nitrogens with two attached hydrogens (primary N) is 1. The minimum Gasteiger partial charge on any atom is -0.329 e. The Labute approximate surface area is 129 Å². The first kappa shape index (κ1) is 16.5. The number of rotatable bonds is 5. The number of aryl methyl sites for hydroxylation is 1. The van der Waals surface area contributed by atoms with Crippen molar-refractivity contribution in [3.05, 3.63) is 26.7 Å². The molecule has 122 valence electrons. The van der Waals surface area contributed by atoms with E-state index in [1.807, 2.05) is 25.5 Å². The highest BCUT2D eigenvalue weighted by atomic mass is 16.2. The Morgan fingerprint density at radius 2 is 1.82 bits per heavy atom. The summed E-state index contributed by atoms with van der Waals surface area (Å²) in [6, 6.07) is -0.0820. The molecule has 0 fully saturated rings. The van der Waals surface area contributed by atoms with Crippen molar-refractivity contribution in [3.8, 4) is 0 Å². The standard InChI is InChI=1S/C15H25N5O2/c1-9(2)8-11-17-13-12(18(11)5)14(21)19(7-6-16)15(22)20(13)10(3)4/h9-10H,6-8,16H2,1-5H3. The molecule has 2 heterocycles. The van der Waals surface area contributed by atoms with Crippen LogP contribution in [0.3, 0.4) is 0 Å². The third-order valence-corrected chi connectivity index (χ3v) is 3.74. The zero-order valence-corrected chi connectivity index (χ0v) is 14.0. The van der Waals surface area contributed by atoms with Gasteiger partial charge in [0.25, 0.3) is 5.56 Å². The Bertz CT molecular complexity index is 795. The maximum atomic E-state index is 12.7. The largest absolute Gasteiger partial charge is 0.333 e. The van der Waals surface area contributed by atoms with Crippen molar-refractivity contribution >= 4 is 11.2 Å². The van der Waals surface area contributed by atoms with Gasteiger partial charge in [-0.05, 0) is 19.8 Å². The predicted octanol–water partition coefficient (Wildman–Crippen LogP) is 0.635. The zero-order chi connectivity index (χ0) is 16.6. The summed E-state index contributed by atoms with van der Waals surface area (Å²) in [6.45, 7) is 8.48. The van der Waals surface area contributed by atoms with Crippen molar-refractivity contribution in [2.24, 2.45) is 18.7 Å². The molecule has 2 aromatic heterocycles. The topological polar surface area (TPSA) is 87.8 Å². The summed E-state index contributed by atoms with van der Waals surface area (Å²) in [5.41, 5.74) is 5.83. The third kappa shape index (κ3) is 2.61. The van der Waals surface area contributed by atoms with Gasteiger partial charge in [0.05, 0.1) is 0 Å². The summed E-state index contributed by atoms with van der Waals surface area (Å²) >= 11 is 0. The monoisotopic (exact) mass is 307 g/mol. The lowest BCUT2D eigenvalue weighted by Crippen LogP contribution is -2.42. The van der Waals surface area contributed by atoms with E-state index < -0.39 is 0 Å². The Balaban J connectivity index is 2.91. The molecule has 0 saturated carbocycles. The molecule has 0 radical (unpaired) electrons. The van der Waals surface area contributed by atoms with E-state index in [9.17, 15) is 9.59 Å². The van der Waals surface area contributed by atoms with E-state index in [1.165, 1.54) is 4.57 Å². The lowest BCUT2D eigenvalue weighted by atomic mass is 10.1. The number of nitrogens with zero attached hydrogens (tertiary/aromatic N) is 4. The number of hydrogen-bond donors (Lipinski definition) is 1. The molecular formula is C15H25N5O2. The molecule has 2 aromatic rings. The lowest BCUT2D eigenvalue weighted by Gasteiger charge is -2.13. The van der Waals surface area contributed by atoms with Crippen LogP contribution in [0.5, 0.6) is 0 Å². The number of fused-ring (bicyclic) bond motifs is 1. The smallest absolute Gasteiger partial charge is 0.329 e. The Hall–Kier alpha value is -1.89. The quantitative estimate of drug-likeness (QED) is 0.878. The van der Waals surface area contributed by atoms with Gasteiger partial charge >= 0.3 is 5.69 Å². The lowest BCUT2D eigenvalue weighted by molar-refractivity contribution is 0.525. The molecule has 0 unspecified atom stereocenters. The molecule has 0 spiro atoms. The molecule has 0 aliphatic carbocycles. The fourth-order valence-electron chi connectivity index (χ4n) is 2.71. The molecule has 22 heavy (non-hydrogen) atoms. The van der Waals surface area contributed by atoms with Crippen LogP contribution in [0.2, 0.25) is 0 Å². The molecule has 0 saturated heterocycles. The second kappa shape index (κ2) is 6.08. The minimum atomic E-state index is -0.341. The van der Waals surface area contributed by atoms with Crippen molar-refractivity contribution in [1.82, 2.24) is 18.7 Å². The predicted molar refractivity (Wildman–Crippen MR) is 87.2 cm³/mol. The second-order valence-corrected chi connectivity index (χ2v) is 6.35. The van der Waals surface area contributed by atoms with Crippen LogP contribution in [0.15, 0.2) is 9.59 Å². The average Bonchev–Trinajstić information content (AvgIpc) is 2.71. The molecule has 0 amide bonds. The van der Waals surface area contributed by atoms with E-state index in [4.69, 9.17) is 5.73 Å². The summed E-state index contributed by atoms with van der Waals surface area (Å²) in [5, 5.41) is 0. The van der Waals surface area contributed by atoms with Gasteiger partial charge in [0.1, 0.15) is 5.82 Å². The first-order valence-corrected chi connectivity index (χ1v) is 7.70. The highest BCUT2D eigenvalue weighted by Gasteiger charge is 2.21. The molecule has 2 rings (SSSR count). The van der Waals surface area contributed by atoms with Crippen LogP contribution in [-0.2, 0) is 20.0 Å². The van der Waals surface area contributed by atoms with E-state index in [-0.39, 0.29) is 30.4 Å². The summed E-state index contributed by atoms with van der Waals surface area (Å²) in [7, 11) is 1.83. The Morgan fingerprint density at radius 3 is 2.32 bits per heavy atom. The fourth-order valence-corrected chi connectivity index (χ4v) is 2.71. The second-order valence-electron chi connectivity index (χ2n) is 6.35. The van der Waals surface area contributed by atoms with Gasteiger partial charge in [0.2, 0.25) is 0 Å². The van der Waals surface area contributed by atoms with Crippen LogP contribution in [-0.4, -0.2) is 25.2 Å². The van der Waals surface area contributed by atoms with Gasteiger partial charge in [-0.15, -0.1) is 0 Å². The Kier molecular flexibility index (Phi) is 4.55. The summed E-state index contributed by atoms with van der Waals surface area (Å²) < 4.78 is 4.60. The van der Waals surface area contributed by atoms with Crippen LogP contribution in [0.1, 0.15) is 39.6 Å². The summed E-state index contributed by atoms with van der Waals surface area (Å²) in [5.74, 6) is 1.24. The normalized spacial score (nSPS) is 12.0. The van der Waals surface area contributed by atoms with Gasteiger partial charge in [-0.1, -0.05) is 13.8 Å². The highest BCUT2D eigenvalue weighted by Crippen LogP contribution is 2.16. The summed E-state index contributed by atoms with van der Waals surface area (Å²) in [6.07, 6.45) is 0.758. The SMILES string of the molecule is CC(C)Cc1nc2c(c(=O)n(CCN)c(=O)n2C(C)C)n1C. The van der Waals surface area contributed by atoms with Gasteiger partial charge in [0.15, 0.2) is 11.2 Å². The summed E-state index contributed by atoms with van der Waals surface area (Å²) in [4.78, 5) is 29.8. The number of hydrogen-bond acceptors (Lipinski definition) is 4. The van der Waals surface area contributed by atoms with E-state index in [2.05, 4.69) is 18.8 Å². The first-order chi connectivity index (χ1) is 10.3. The molecule has 0 aromatic carbocycles. The van der Waals surface area contributed by atoms with Crippen molar-refractivity contribution < 1.29 is 0 Å². The van der Waals surface area contributed by atoms with Gasteiger partial charge in [0, 0.05) is 32.6 Å². The van der Waals surface area contributed by atoms with Crippen molar-refractivity contribution in [2.45, 2.75) is 46.7 Å². The number of imidazole rings is 1. The fraction of sp³-hybridized carbons (Fsp3) is 0.667. The minimum absolute atomic E-state index is 0.0820. The molecule has 0 bridgehead atoms. The van der Waals surface area contributed by atoms with Crippen LogP contribution in [0.4, 0.5) is 0 Å². The van der Waals surface area contributed by atoms with Crippen LogP contribution in [0.25, 0.3) is 11.2 Å². The van der Waals surface area contributed by atoms with E-state index in [1.54, 1.807) is 4.57 Å². The highest BCUT2D eigenvalue weighted by molar-refractivity contribution is 5.71. The van der Waals surface area contributed by atoms with Gasteiger partial charge in [-0.3, -0.25) is 13.9 Å². The maximum absolute atomic E-state index is 12.7. The third-order valence-electron chi connectivity index (χ3n) is 3.74. The van der Waals surface area contributed by atoms with Gasteiger partial charge in [-0.2, -0.15) is 0 Å². The molecule has 0 aliphatic rings. The van der Waals surface area contributed by atoms with Crippen LogP contribution in [0, 0.1) is 5.92 Å². The molecular weight excluding hydrogens is 282 g/mol. The first-order valence-electron chi connectivity index (χ1n) is 7.70. The van der Waals surface area contributed by atoms with Gasteiger partial charge < -0.3 is 10.3 Å². The Morgan fingerprint density at radius 1 is 1.18 bits per heavy atom. The average molecular weight is 307 g/mol. The van der Waals surface area contributed by atoms with Crippen molar-refractivity contribution in [1.29, 1.82) is 0 Å². The van der Waals surface area contributed by atoms with Crippen LogP contribution < -0.4 is 17.0 Å². The maximum Gasteiger partial charge on any atom is 0.333 e. The molecule has 0 atom stereocenters. The van der Waals surface area contributed by atoms with Crippen molar-refractivity contribution in [2.75, 3.05) is 6.54 Å². The van der Waals surface area contributed by atoms with E-state index >= 15 is 0 Å². The number of aromatic nitrogens is 4. The molecule has 2 N–H and O–H groups in total.